The van der Waals surface area contributed by atoms with Crippen molar-refractivity contribution in [2.75, 3.05) is 29.1 Å². The van der Waals surface area contributed by atoms with E-state index in [1.807, 2.05) is 31.2 Å². The topological polar surface area (TPSA) is 176 Å². The Balaban J connectivity index is 0.841. The lowest BCUT2D eigenvalue weighted by Crippen LogP contribution is -2.54. The summed E-state index contributed by atoms with van der Waals surface area (Å²) in [5.74, 6) is -2.53. The first-order chi connectivity index (χ1) is 26.5. The fraction of sp³-hybridized carbons (Fsp3) is 0.325. The highest BCUT2D eigenvalue weighted by Crippen LogP contribution is 2.35. The van der Waals surface area contributed by atoms with Crippen molar-refractivity contribution in [3.8, 4) is 17.0 Å². The number of amides is 6. The summed E-state index contributed by atoms with van der Waals surface area (Å²) in [7, 11) is 0. The van der Waals surface area contributed by atoms with Crippen LogP contribution in [-0.2, 0) is 25.6 Å². The maximum Gasteiger partial charge on any atom is 0.264 e. The molecule has 55 heavy (non-hydrogen) atoms. The maximum atomic E-state index is 14.8. The third-order valence-corrected chi connectivity index (χ3v) is 10.5. The maximum absolute atomic E-state index is 14.8. The second-order valence-electron chi connectivity index (χ2n) is 13.8. The molecule has 6 amide bonds. The summed E-state index contributed by atoms with van der Waals surface area (Å²) in [6.07, 6.45) is 4.26. The number of fused-ring (bicyclic) bond motifs is 1. The van der Waals surface area contributed by atoms with Gasteiger partial charge < -0.3 is 20.7 Å². The monoisotopic (exact) mass is 766 g/mol. The van der Waals surface area contributed by atoms with Crippen molar-refractivity contribution in [1.82, 2.24) is 15.2 Å². The second kappa shape index (κ2) is 16.2. The number of thiazole rings is 1. The van der Waals surface area contributed by atoms with Gasteiger partial charge in [-0.3, -0.25) is 39.0 Å². The van der Waals surface area contributed by atoms with Crippen molar-refractivity contribution in [1.29, 1.82) is 0 Å². The summed E-state index contributed by atoms with van der Waals surface area (Å²) in [6, 6.07) is 15.8. The van der Waals surface area contributed by atoms with Crippen LogP contribution in [0.3, 0.4) is 0 Å². The number of carbonyl (C=O) groups excluding carboxylic acids is 6. The van der Waals surface area contributed by atoms with Crippen LogP contribution in [0.1, 0.15) is 76.1 Å². The van der Waals surface area contributed by atoms with Gasteiger partial charge in [0.15, 0.2) is 5.13 Å². The van der Waals surface area contributed by atoms with E-state index >= 15 is 0 Å². The van der Waals surface area contributed by atoms with Gasteiger partial charge in [0.2, 0.25) is 23.6 Å². The minimum atomic E-state index is -1.02. The van der Waals surface area contributed by atoms with Gasteiger partial charge in [-0.15, -0.1) is 11.3 Å². The van der Waals surface area contributed by atoms with Gasteiger partial charge in [-0.05, 0) is 87.4 Å². The number of nitrogens with zero attached hydrogens (tertiary/aromatic N) is 2. The lowest BCUT2D eigenvalue weighted by atomic mass is 10.0. The first-order valence-electron chi connectivity index (χ1n) is 18.2. The van der Waals surface area contributed by atoms with E-state index in [9.17, 15) is 33.2 Å². The van der Waals surface area contributed by atoms with Gasteiger partial charge >= 0.3 is 0 Å². The molecule has 13 nitrogen and oxygen atoms in total. The molecule has 0 bridgehead atoms. The number of aromatic nitrogens is 1. The van der Waals surface area contributed by atoms with E-state index in [0.29, 0.717) is 41.0 Å². The summed E-state index contributed by atoms with van der Waals surface area (Å²) >= 11 is 1.30. The number of aryl methyl sites for hydroxylation is 1. The third-order valence-electron chi connectivity index (χ3n) is 9.63. The average molecular weight is 767 g/mol. The zero-order chi connectivity index (χ0) is 38.6. The van der Waals surface area contributed by atoms with Crippen LogP contribution in [0.15, 0.2) is 60.7 Å². The number of hydrogen-bond donors (Lipinski definition) is 4. The summed E-state index contributed by atoms with van der Waals surface area (Å²) in [5.41, 5.74) is 2.98. The smallest absolute Gasteiger partial charge is 0.264 e. The fourth-order valence-corrected chi connectivity index (χ4v) is 7.49. The largest absolute Gasteiger partial charge is 0.494 e. The molecule has 1 saturated heterocycles. The molecular weight excluding hydrogens is 728 g/mol. The molecule has 2 aliphatic heterocycles. The highest BCUT2D eigenvalue weighted by Gasteiger charge is 2.45. The van der Waals surface area contributed by atoms with Crippen LogP contribution in [-0.4, -0.2) is 64.5 Å². The number of carbonyl (C=O) groups is 6. The SMILES string of the molecule is Cc1sc(NC(=O)Cc2cccc(OCCCCCNc3cccc4c3C(=O)N(C3CCC(=O)NC3=O)C4=O)c2)nc1-c1ccc(NC(=O)C2CC2)c(F)c1. The predicted molar refractivity (Wildman–Crippen MR) is 203 cm³/mol. The molecule has 15 heteroatoms. The molecule has 0 radical (unpaired) electrons. The highest BCUT2D eigenvalue weighted by atomic mass is 32.1. The predicted octanol–water partition coefficient (Wildman–Crippen LogP) is 5.85. The Morgan fingerprint density at radius 3 is 2.55 bits per heavy atom. The number of ether oxygens (including phenoxy) is 1. The minimum absolute atomic E-state index is 0.0352. The Morgan fingerprint density at radius 2 is 1.76 bits per heavy atom. The van der Waals surface area contributed by atoms with Crippen LogP contribution in [0.5, 0.6) is 5.75 Å². The molecule has 2 fully saturated rings. The Hall–Kier alpha value is -5.96. The molecule has 1 saturated carbocycles. The van der Waals surface area contributed by atoms with Crippen LogP contribution in [0, 0.1) is 18.7 Å². The number of halogens is 1. The standard InChI is InChI=1S/C40H39FN6O7S/c1-22-35(25-13-14-29(28(41)21-25)43-36(50)24-11-12-24)46-40(55-22)45-33(49)20-23-7-5-8-26(19-23)54-18-4-2-3-17-42-30-10-6-9-27-34(30)39(53)47(38(27)52)31-15-16-32(48)44-37(31)51/h5-10,13-14,19,21,24,31,42H,2-4,11-12,15-18,20H2,1H3,(H,43,50)(H,44,48,51)(H,45,46,49). The fourth-order valence-electron chi connectivity index (χ4n) is 6.64. The minimum Gasteiger partial charge on any atom is -0.494 e. The molecule has 4 N–H and O–H groups in total. The van der Waals surface area contributed by atoms with Gasteiger partial charge in [-0.25, -0.2) is 9.37 Å². The Morgan fingerprint density at radius 1 is 0.945 bits per heavy atom. The molecule has 3 aromatic carbocycles. The van der Waals surface area contributed by atoms with E-state index in [0.717, 1.165) is 47.4 Å². The molecule has 4 aromatic rings. The number of benzene rings is 3. The van der Waals surface area contributed by atoms with E-state index in [2.05, 4.69) is 26.3 Å². The Labute approximate surface area is 320 Å². The van der Waals surface area contributed by atoms with Crippen LogP contribution < -0.4 is 26.0 Å². The van der Waals surface area contributed by atoms with Crippen molar-refractivity contribution in [2.45, 2.75) is 64.3 Å². The number of anilines is 3. The van der Waals surface area contributed by atoms with Gasteiger partial charge in [0.05, 0.1) is 35.5 Å². The number of rotatable bonds is 15. The van der Waals surface area contributed by atoms with E-state index in [1.165, 1.54) is 23.5 Å². The van der Waals surface area contributed by atoms with Gasteiger partial charge in [0, 0.05) is 35.0 Å². The molecule has 3 heterocycles. The third kappa shape index (κ3) is 8.56. The lowest BCUT2D eigenvalue weighted by molar-refractivity contribution is -0.136. The van der Waals surface area contributed by atoms with E-state index < -0.39 is 35.5 Å². The number of unbranched alkanes of at least 4 members (excludes halogenated alkanes) is 2. The molecular formula is C40H39FN6O7S. The normalized spacial score (nSPS) is 16.5. The van der Waals surface area contributed by atoms with Gasteiger partial charge in [0.1, 0.15) is 17.6 Å². The Kier molecular flexibility index (Phi) is 11.0. The summed E-state index contributed by atoms with van der Waals surface area (Å²) in [4.78, 5) is 81.6. The quantitative estimate of drug-likeness (QED) is 0.0855. The molecule has 0 spiro atoms. The highest BCUT2D eigenvalue weighted by molar-refractivity contribution is 7.16. The number of imide groups is 2. The van der Waals surface area contributed by atoms with Crippen molar-refractivity contribution >= 4 is 63.3 Å². The zero-order valence-corrected chi connectivity index (χ0v) is 30.9. The van der Waals surface area contributed by atoms with Crippen molar-refractivity contribution < 1.29 is 37.9 Å². The number of piperidine rings is 1. The summed E-state index contributed by atoms with van der Waals surface area (Å²) in [5, 5.41) is 11.3. The van der Waals surface area contributed by atoms with Gasteiger partial charge in [-0.1, -0.05) is 24.3 Å². The molecule has 1 aliphatic carbocycles. The molecule has 3 aliphatic rings. The van der Waals surface area contributed by atoms with Crippen LogP contribution in [0.2, 0.25) is 0 Å². The average Bonchev–Trinajstić information content (AvgIpc) is 3.90. The van der Waals surface area contributed by atoms with Crippen LogP contribution in [0.25, 0.3) is 11.3 Å². The molecule has 1 unspecified atom stereocenters. The Bertz CT molecular complexity index is 2200. The summed E-state index contributed by atoms with van der Waals surface area (Å²) < 4.78 is 20.7. The molecule has 7 rings (SSSR count). The van der Waals surface area contributed by atoms with Crippen molar-refractivity contribution in [3.63, 3.8) is 0 Å². The van der Waals surface area contributed by atoms with Crippen molar-refractivity contribution in [2.24, 2.45) is 5.92 Å². The number of nitrogens with one attached hydrogen (secondary N) is 4. The number of hydrogen-bond acceptors (Lipinski definition) is 10. The summed E-state index contributed by atoms with van der Waals surface area (Å²) in [6.45, 7) is 2.85. The second-order valence-corrected chi connectivity index (χ2v) is 15.0. The zero-order valence-electron chi connectivity index (χ0n) is 30.0. The lowest BCUT2D eigenvalue weighted by Gasteiger charge is -2.27. The van der Waals surface area contributed by atoms with E-state index in [1.54, 1.807) is 24.3 Å². The van der Waals surface area contributed by atoms with Crippen LogP contribution >= 0.6 is 11.3 Å². The molecule has 1 atom stereocenters. The van der Waals surface area contributed by atoms with Crippen molar-refractivity contribution in [3.05, 3.63) is 88.0 Å². The van der Waals surface area contributed by atoms with Gasteiger partial charge in [-0.2, -0.15) is 0 Å². The van der Waals surface area contributed by atoms with E-state index in [-0.39, 0.29) is 53.8 Å². The van der Waals surface area contributed by atoms with Crippen LogP contribution in [0.4, 0.5) is 20.9 Å². The molecule has 284 valence electrons. The molecule has 1 aromatic heterocycles. The first kappa shape index (κ1) is 37.4. The van der Waals surface area contributed by atoms with E-state index in [4.69, 9.17) is 4.74 Å². The first-order valence-corrected chi connectivity index (χ1v) is 19.1. The van der Waals surface area contributed by atoms with Gasteiger partial charge in [0.25, 0.3) is 11.8 Å².